The number of anilines is 1. The predicted octanol–water partition coefficient (Wildman–Crippen LogP) is 4.03. The van der Waals surface area contributed by atoms with Gasteiger partial charge >= 0.3 is 167 Å². The van der Waals surface area contributed by atoms with E-state index in [1.165, 1.54) is 11.3 Å². The Morgan fingerprint density at radius 3 is 2.74 bits per heavy atom. The van der Waals surface area contributed by atoms with Crippen molar-refractivity contribution in [2.45, 2.75) is 19.1 Å². The van der Waals surface area contributed by atoms with E-state index in [4.69, 9.17) is 4.74 Å². The van der Waals surface area contributed by atoms with Crippen molar-refractivity contribution in [3.05, 3.63) is 52.9 Å². The second-order valence-electron chi connectivity index (χ2n) is 6.73. The van der Waals surface area contributed by atoms with Gasteiger partial charge in [0.05, 0.1) is 5.69 Å². The number of carbonyl (C=O) groups excluding carboxylic acids is 1. The summed E-state index contributed by atoms with van der Waals surface area (Å²) in [4.78, 5) is 18.5. The van der Waals surface area contributed by atoms with Crippen LogP contribution in [0.25, 0.3) is 16.5 Å². The van der Waals surface area contributed by atoms with Gasteiger partial charge in [0, 0.05) is 14.1 Å². The summed E-state index contributed by atoms with van der Waals surface area (Å²) < 4.78 is 19.8. The average Bonchev–Trinajstić information content (AvgIpc) is 3.15. The number of allylic oxidation sites excluding steroid dienone is 1. The van der Waals surface area contributed by atoms with Gasteiger partial charge in [0.15, 0.2) is 5.75 Å². The van der Waals surface area contributed by atoms with Crippen LogP contribution in [0.2, 0.25) is 0 Å². The molecule has 1 unspecified atom stereocenters. The first kappa shape index (κ1) is 25.9. The Labute approximate surface area is 217 Å². The standard InChI is InChI=1S/C22H20FN3O2S.2Pb/c1-15(9-18(13-24)25-2)5-6-17-11-21(29-22(17)12-23)16-7-8-20(28-14-27)19(10-16)26(3)4;;/h5-8,10-11,14,18H,1,9,12H2,3-4H3;;/b6-5-;;. The molecule has 0 aliphatic carbocycles. The summed E-state index contributed by atoms with van der Waals surface area (Å²) in [5.41, 5.74) is 3.23. The monoisotopic (exact) mass is 825 g/mol. The average molecular weight is 824 g/mol. The third kappa shape index (κ3) is 7.60. The van der Waals surface area contributed by atoms with E-state index in [1.54, 1.807) is 6.07 Å². The van der Waals surface area contributed by atoms with Gasteiger partial charge < -0.3 is 9.64 Å². The van der Waals surface area contributed by atoms with Gasteiger partial charge in [-0.3, -0.25) is 4.79 Å². The zero-order valence-electron chi connectivity index (χ0n) is 17.2. The van der Waals surface area contributed by atoms with Gasteiger partial charge in [-0.05, 0) is 6.07 Å². The fraction of sp³-hybridized carbons (Fsp3) is 0.227. The molecule has 1 aromatic carbocycles. The van der Waals surface area contributed by atoms with Crippen molar-refractivity contribution >= 4 is 81.9 Å². The Hall–Kier alpha value is -1.40. The maximum atomic E-state index is 13.7. The molecule has 0 amide bonds. The van der Waals surface area contributed by atoms with Crippen LogP contribution in [0.5, 0.6) is 5.75 Å². The predicted molar refractivity (Wildman–Crippen MR) is 127 cm³/mol. The number of carbonyl (C=O) groups is 1. The van der Waals surface area contributed by atoms with Gasteiger partial charge in [-0.25, -0.2) is 0 Å². The zero-order valence-corrected chi connectivity index (χ0v) is 25.8. The van der Waals surface area contributed by atoms with Crippen molar-refractivity contribution in [1.82, 2.24) is 0 Å². The minimum absolute atomic E-state index is 0.401. The first-order valence-corrected chi connectivity index (χ1v) is 13.9. The molecule has 0 saturated heterocycles. The molecule has 0 N–H and O–H groups in total. The van der Waals surface area contributed by atoms with Gasteiger partial charge in [0.2, 0.25) is 0 Å². The molecule has 0 fully saturated rings. The maximum absolute atomic E-state index is 13.7. The van der Waals surface area contributed by atoms with E-state index in [2.05, 4.69) is 17.6 Å². The molecule has 5 nitrogen and oxygen atoms in total. The van der Waals surface area contributed by atoms with E-state index in [9.17, 15) is 14.4 Å². The number of halogens is 1. The van der Waals surface area contributed by atoms with E-state index in [0.717, 1.165) is 79.6 Å². The van der Waals surface area contributed by atoms with Crippen LogP contribution in [0.15, 0.2) is 47.5 Å². The Kier molecular flexibility index (Phi) is 10.5. The number of thiophene rings is 1. The molecule has 0 aliphatic heterocycles. The summed E-state index contributed by atoms with van der Waals surface area (Å²) in [6, 6.07) is 9.23. The SMILES string of the molecule is C=C(/C=C\c1cc(-c2ccc(OC=O)c(N(C)C)c2)sc1CF)CC(C#N)N=[C]([Pb])[Pb]. The Bertz CT molecular complexity index is 1050. The number of benzene rings is 1. The molecule has 9 heteroatoms. The molecule has 1 aromatic heterocycles. The van der Waals surface area contributed by atoms with Crippen molar-refractivity contribution in [2.75, 3.05) is 19.0 Å². The summed E-state index contributed by atoms with van der Waals surface area (Å²) in [6.45, 7) is 3.85. The van der Waals surface area contributed by atoms with Crippen LogP contribution < -0.4 is 9.64 Å². The number of alkyl halides is 1. The molecule has 1 atom stereocenters. The van der Waals surface area contributed by atoms with Gasteiger partial charge in [-0.2, -0.15) is 0 Å². The minimum atomic E-state index is -0.570. The first-order chi connectivity index (χ1) is 14.8. The first-order valence-electron chi connectivity index (χ1n) is 9.16. The topological polar surface area (TPSA) is 65.7 Å². The number of ether oxygens (including phenoxy) is 1. The molecule has 1 heterocycles. The Morgan fingerprint density at radius 1 is 1.42 bits per heavy atom. The van der Waals surface area contributed by atoms with Crippen molar-refractivity contribution in [2.24, 2.45) is 4.99 Å². The zero-order chi connectivity index (χ0) is 23.0. The fourth-order valence-corrected chi connectivity index (χ4v) is 5.01. The number of nitriles is 1. The summed E-state index contributed by atoms with van der Waals surface area (Å²) in [5, 5.41) is 9.26. The van der Waals surface area contributed by atoms with Crippen LogP contribution in [0.3, 0.4) is 0 Å². The van der Waals surface area contributed by atoms with Crippen molar-refractivity contribution in [3.63, 3.8) is 0 Å². The molecule has 6 radical (unpaired) electrons. The Morgan fingerprint density at radius 2 is 2.16 bits per heavy atom. The quantitative estimate of drug-likeness (QED) is 0.157. The van der Waals surface area contributed by atoms with E-state index >= 15 is 0 Å². The molecule has 0 bridgehead atoms. The molecule has 2 aromatic rings. The van der Waals surface area contributed by atoms with E-state index in [0.29, 0.717) is 23.5 Å². The van der Waals surface area contributed by atoms with Crippen LogP contribution in [0.1, 0.15) is 16.9 Å². The normalized spacial score (nSPS) is 11.6. The second-order valence-corrected chi connectivity index (χ2v) is 19.1. The number of rotatable bonds is 10. The third-order valence-electron chi connectivity index (χ3n) is 4.25. The van der Waals surface area contributed by atoms with Crippen LogP contribution in [-0.2, 0) is 11.5 Å². The summed E-state index contributed by atoms with van der Waals surface area (Å²) in [6.07, 6.45) is 4.14. The molecule has 31 heavy (non-hydrogen) atoms. The van der Waals surface area contributed by atoms with E-state index in [1.807, 2.05) is 49.3 Å². The van der Waals surface area contributed by atoms with Gasteiger partial charge in [-0.1, -0.05) is 0 Å². The molecular weight excluding hydrogens is 804 g/mol. The summed E-state index contributed by atoms with van der Waals surface area (Å²) in [5.74, 6) is 0.463. The molecule has 0 spiro atoms. The molecule has 0 saturated carbocycles. The number of hydrogen-bond donors (Lipinski definition) is 0. The van der Waals surface area contributed by atoms with Crippen LogP contribution in [-0.4, -0.2) is 79.0 Å². The number of hydrogen-bond acceptors (Lipinski definition) is 6. The van der Waals surface area contributed by atoms with Gasteiger partial charge in [0.1, 0.15) is 0 Å². The van der Waals surface area contributed by atoms with Gasteiger partial charge in [-0.15, -0.1) is 0 Å². The van der Waals surface area contributed by atoms with Crippen LogP contribution in [0.4, 0.5) is 10.1 Å². The van der Waals surface area contributed by atoms with E-state index < -0.39 is 12.7 Å². The molecule has 2 rings (SSSR count). The summed E-state index contributed by atoms with van der Waals surface area (Å²) in [7, 11) is 3.72. The molecule has 0 aliphatic rings. The van der Waals surface area contributed by atoms with Crippen LogP contribution >= 0.6 is 11.3 Å². The molecule has 156 valence electrons. The fourth-order valence-electron chi connectivity index (χ4n) is 2.80. The van der Waals surface area contributed by atoms with Crippen molar-refractivity contribution in [1.29, 1.82) is 5.26 Å². The van der Waals surface area contributed by atoms with Crippen molar-refractivity contribution < 1.29 is 13.9 Å². The van der Waals surface area contributed by atoms with Gasteiger partial charge in [0.25, 0.3) is 6.47 Å². The van der Waals surface area contributed by atoms with Crippen molar-refractivity contribution in [3.8, 4) is 22.3 Å². The number of aliphatic imine (C=N–C) groups is 1. The summed E-state index contributed by atoms with van der Waals surface area (Å²) >= 11 is 3.15. The third-order valence-corrected chi connectivity index (χ3v) is 6.42. The molecular formula is C22H20FN3O2Pb2S. The second kappa shape index (κ2) is 12.6. The van der Waals surface area contributed by atoms with E-state index in [-0.39, 0.29) is 0 Å². The Balaban J connectivity index is 2.29. The number of nitrogens with zero attached hydrogens (tertiary/aromatic N) is 3. The van der Waals surface area contributed by atoms with Crippen LogP contribution in [0, 0.1) is 11.3 Å².